The quantitative estimate of drug-likeness (QED) is 0.803. The highest BCUT2D eigenvalue weighted by Crippen LogP contribution is 2.42. The normalized spacial score (nSPS) is 27.9. The number of benzene rings is 1. The van der Waals surface area contributed by atoms with E-state index in [2.05, 4.69) is 0 Å². The number of carbonyl (C=O) groups excluding carboxylic acids is 1. The van der Waals surface area contributed by atoms with Gasteiger partial charge in [-0.2, -0.15) is 0 Å². The number of ether oxygens (including phenoxy) is 1. The summed E-state index contributed by atoms with van der Waals surface area (Å²) in [5, 5.41) is 0. The van der Waals surface area contributed by atoms with E-state index in [0.29, 0.717) is 12.0 Å². The first kappa shape index (κ1) is 12.2. The highest BCUT2D eigenvalue weighted by Gasteiger charge is 2.50. The van der Waals surface area contributed by atoms with Gasteiger partial charge in [0.2, 0.25) is 0 Å². The van der Waals surface area contributed by atoms with Crippen molar-refractivity contribution in [3.63, 3.8) is 0 Å². The number of hydrogen-bond donors (Lipinski definition) is 0. The first-order valence-corrected chi connectivity index (χ1v) is 5.96. The van der Waals surface area contributed by atoms with E-state index in [4.69, 9.17) is 4.74 Å². The van der Waals surface area contributed by atoms with Crippen molar-refractivity contribution in [1.29, 1.82) is 0 Å². The molecule has 0 amide bonds. The molecule has 1 aromatic carbocycles. The van der Waals surface area contributed by atoms with Crippen LogP contribution in [0.1, 0.15) is 32.3 Å². The van der Waals surface area contributed by atoms with Crippen molar-refractivity contribution in [2.24, 2.45) is 5.41 Å². The number of rotatable bonds is 4. The van der Waals surface area contributed by atoms with Gasteiger partial charge in [0.05, 0.1) is 18.1 Å². The number of ketones is 1. The molecule has 0 aliphatic heterocycles. The first-order chi connectivity index (χ1) is 8.08. The van der Waals surface area contributed by atoms with Gasteiger partial charge in [-0.05, 0) is 12.5 Å². The van der Waals surface area contributed by atoms with Crippen LogP contribution in [0.15, 0.2) is 24.3 Å². The van der Waals surface area contributed by atoms with E-state index in [9.17, 15) is 9.18 Å². The van der Waals surface area contributed by atoms with Crippen LogP contribution < -0.4 is 0 Å². The minimum Gasteiger partial charge on any atom is -0.372 e. The van der Waals surface area contributed by atoms with Gasteiger partial charge in [0.15, 0.2) is 0 Å². The summed E-state index contributed by atoms with van der Waals surface area (Å²) in [6.07, 6.45) is 1.16. The third-order valence-corrected chi connectivity index (χ3v) is 3.85. The van der Waals surface area contributed by atoms with Crippen molar-refractivity contribution in [3.05, 3.63) is 35.6 Å². The number of halogens is 1. The molecule has 2 atom stereocenters. The summed E-state index contributed by atoms with van der Waals surface area (Å²) in [6, 6.07) is 6.57. The number of carbonyl (C=O) groups is 1. The van der Waals surface area contributed by atoms with Gasteiger partial charge in [0.1, 0.15) is 11.6 Å². The zero-order chi connectivity index (χ0) is 12.5. The Bertz CT molecular complexity index is 430. The van der Waals surface area contributed by atoms with Crippen molar-refractivity contribution in [2.45, 2.75) is 39.4 Å². The molecule has 1 aromatic rings. The van der Waals surface area contributed by atoms with Gasteiger partial charge in [-0.15, -0.1) is 0 Å². The van der Waals surface area contributed by atoms with E-state index in [0.717, 1.165) is 6.42 Å². The zero-order valence-corrected chi connectivity index (χ0v) is 10.2. The van der Waals surface area contributed by atoms with Crippen molar-refractivity contribution in [2.75, 3.05) is 0 Å². The summed E-state index contributed by atoms with van der Waals surface area (Å²) < 4.78 is 19.0. The summed E-state index contributed by atoms with van der Waals surface area (Å²) >= 11 is 0. The number of hydrogen-bond acceptors (Lipinski definition) is 2. The molecule has 2 rings (SSSR count). The maximum Gasteiger partial charge on any atom is 0.143 e. The Morgan fingerprint density at radius 2 is 2.18 bits per heavy atom. The highest BCUT2D eigenvalue weighted by molar-refractivity contribution is 5.91. The fourth-order valence-electron chi connectivity index (χ4n) is 2.15. The molecule has 0 N–H and O–H groups in total. The maximum atomic E-state index is 13.4. The van der Waals surface area contributed by atoms with Gasteiger partial charge in [0.25, 0.3) is 0 Å². The molecule has 92 valence electrons. The summed E-state index contributed by atoms with van der Waals surface area (Å²) in [4.78, 5) is 11.5. The third kappa shape index (κ3) is 2.12. The van der Waals surface area contributed by atoms with Crippen LogP contribution >= 0.6 is 0 Å². The van der Waals surface area contributed by atoms with Crippen LogP contribution in [0.25, 0.3) is 0 Å². The van der Waals surface area contributed by atoms with Gasteiger partial charge >= 0.3 is 0 Å². The third-order valence-electron chi connectivity index (χ3n) is 3.85. The second kappa shape index (κ2) is 4.57. The summed E-state index contributed by atoms with van der Waals surface area (Å²) in [7, 11) is 0. The van der Waals surface area contributed by atoms with E-state index in [1.54, 1.807) is 18.2 Å². The van der Waals surface area contributed by atoms with E-state index in [1.165, 1.54) is 6.07 Å². The van der Waals surface area contributed by atoms with Gasteiger partial charge in [0, 0.05) is 12.0 Å². The van der Waals surface area contributed by atoms with Crippen LogP contribution in [0.2, 0.25) is 0 Å². The minimum atomic E-state index is -0.370. The van der Waals surface area contributed by atoms with Gasteiger partial charge in [-0.3, -0.25) is 4.79 Å². The molecule has 0 aromatic heterocycles. The lowest BCUT2D eigenvalue weighted by Gasteiger charge is -2.44. The standard InChI is InChI=1S/C14H17FO2/c1-3-14(2)12(16)8-13(14)17-9-10-6-4-5-7-11(10)15/h4-7,13H,3,8-9H2,1-2H3. The fourth-order valence-corrected chi connectivity index (χ4v) is 2.15. The molecule has 1 fully saturated rings. The highest BCUT2D eigenvalue weighted by atomic mass is 19.1. The lowest BCUT2D eigenvalue weighted by molar-refractivity contribution is -0.163. The van der Waals surface area contributed by atoms with Crippen LogP contribution in [-0.4, -0.2) is 11.9 Å². The lowest BCUT2D eigenvalue weighted by atomic mass is 9.64. The second-order valence-corrected chi connectivity index (χ2v) is 4.79. The summed E-state index contributed by atoms with van der Waals surface area (Å²) in [5.74, 6) is -0.00474. The molecule has 1 aliphatic rings. The fraction of sp³-hybridized carbons (Fsp3) is 0.500. The van der Waals surface area contributed by atoms with Crippen LogP contribution in [0.4, 0.5) is 4.39 Å². The molecule has 2 unspecified atom stereocenters. The van der Waals surface area contributed by atoms with Crippen LogP contribution in [-0.2, 0) is 16.1 Å². The Kier molecular flexibility index (Phi) is 3.29. The van der Waals surface area contributed by atoms with E-state index >= 15 is 0 Å². The van der Waals surface area contributed by atoms with E-state index < -0.39 is 0 Å². The number of Topliss-reactive ketones (excluding diaryl/α,β-unsaturated/α-hetero) is 1. The van der Waals surface area contributed by atoms with E-state index in [1.807, 2.05) is 13.8 Å². The van der Waals surface area contributed by atoms with Crippen molar-refractivity contribution in [1.82, 2.24) is 0 Å². The smallest absolute Gasteiger partial charge is 0.143 e. The molecule has 3 heteroatoms. The molecule has 2 nitrogen and oxygen atoms in total. The monoisotopic (exact) mass is 236 g/mol. The largest absolute Gasteiger partial charge is 0.372 e. The average molecular weight is 236 g/mol. The first-order valence-electron chi connectivity index (χ1n) is 5.96. The Morgan fingerprint density at radius 1 is 1.47 bits per heavy atom. The average Bonchev–Trinajstić information content (AvgIpc) is 2.35. The van der Waals surface area contributed by atoms with Crippen molar-refractivity contribution < 1.29 is 13.9 Å². The lowest BCUT2D eigenvalue weighted by Crippen LogP contribution is -2.52. The van der Waals surface area contributed by atoms with Crippen LogP contribution in [0.5, 0.6) is 0 Å². The zero-order valence-electron chi connectivity index (χ0n) is 10.2. The molecule has 0 saturated heterocycles. The Balaban J connectivity index is 1.96. The summed E-state index contributed by atoms with van der Waals surface area (Å²) in [5.41, 5.74) is 0.177. The minimum absolute atomic E-state index is 0.0698. The molecule has 1 aliphatic carbocycles. The molecule has 1 saturated carbocycles. The molecular formula is C14H17FO2. The molecule has 0 radical (unpaired) electrons. The van der Waals surface area contributed by atoms with E-state index in [-0.39, 0.29) is 29.7 Å². The topological polar surface area (TPSA) is 26.3 Å². The van der Waals surface area contributed by atoms with Gasteiger partial charge in [-0.25, -0.2) is 4.39 Å². The van der Waals surface area contributed by atoms with Crippen molar-refractivity contribution >= 4 is 5.78 Å². The van der Waals surface area contributed by atoms with Crippen LogP contribution in [0.3, 0.4) is 0 Å². The molecule has 17 heavy (non-hydrogen) atoms. The van der Waals surface area contributed by atoms with Crippen LogP contribution in [0, 0.1) is 11.2 Å². The second-order valence-electron chi connectivity index (χ2n) is 4.79. The Morgan fingerprint density at radius 3 is 2.76 bits per heavy atom. The predicted octanol–water partition coefficient (Wildman–Crippen LogP) is 3.10. The Labute approximate surface area is 101 Å². The molecule has 0 heterocycles. The molecular weight excluding hydrogens is 219 g/mol. The van der Waals surface area contributed by atoms with Crippen molar-refractivity contribution in [3.8, 4) is 0 Å². The predicted molar refractivity (Wildman–Crippen MR) is 63.0 cm³/mol. The molecule has 0 bridgehead atoms. The van der Waals surface area contributed by atoms with Gasteiger partial charge in [-0.1, -0.05) is 32.0 Å². The summed E-state index contributed by atoms with van der Waals surface area (Å²) in [6.45, 7) is 4.14. The maximum absolute atomic E-state index is 13.4. The SMILES string of the molecule is CCC1(C)C(=O)CC1OCc1ccccc1F. The Hall–Kier alpha value is -1.22. The molecule has 0 spiro atoms. The van der Waals surface area contributed by atoms with Gasteiger partial charge < -0.3 is 4.74 Å².